The van der Waals surface area contributed by atoms with E-state index in [0.717, 1.165) is 13.1 Å². The van der Waals surface area contributed by atoms with Crippen molar-refractivity contribution in [3.63, 3.8) is 0 Å². The number of carbonyl (C=O) groups excluding carboxylic acids is 1. The Bertz CT molecular complexity index is 358. The van der Waals surface area contributed by atoms with Crippen LogP contribution in [0.15, 0.2) is 17.5 Å². The third-order valence-electron chi connectivity index (χ3n) is 2.09. The van der Waals surface area contributed by atoms with E-state index in [1.54, 1.807) is 11.3 Å². The van der Waals surface area contributed by atoms with Crippen LogP contribution < -0.4 is 10.6 Å². The van der Waals surface area contributed by atoms with Crippen LogP contribution in [0.2, 0.25) is 0 Å². The molecule has 0 bridgehead atoms. The standard InChI is InChI=1S/C13H22N2O2S/c1-10(15-12(16)17-13(2,3)4)8-14-9-11-6-5-7-18-11/h5-7,10,14H,8-9H2,1-4H3,(H,15,16). The summed E-state index contributed by atoms with van der Waals surface area (Å²) >= 11 is 1.72. The van der Waals surface area contributed by atoms with Crippen molar-refractivity contribution in [2.45, 2.75) is 45.9 Å². The van der Waals surface area contributed by atoms with E-state index in [-0.39, 0.29) is 12.1 Å². The summed E-state index contributed by atoms with van der Waals surface area (Å²) in [7, 11) is 0. The lowest BCUT2D eigenvalue weighted by Gasteiger charge is -2.22. The van der Waals surface area contributed by atoms with Gasteiger partial charge in [-0.1, -0.05) is 6.07 Å². The van der Waals surface area contributed by atoms with Crippen LogP contribution in [0.25, 0.3) is 0 Å². The molecule has 0 saturated carbocycles. The Hall–Kier alpha value is -1.07. The highest BCUT2D eigenvalue weighted by Crippen LogP contribution is 2.08. The second kappa shape index (κ2) is 6.75. The average Bonchev–Trinajstić information content (AvgIpc) is 2.66. The van der Waals surface area contributed by atoms with Crippen LogP contribution in [-0.2, 0) is 11.3 Å². The highest BCUT2D eigenvalue weighted by molar-refractivity contribution is 7.09. The monoisotopic (exact) mass is 270 g/mol. The molecular weight excluding hydrogens is 248 g/mol. The second-order valence-corrected chi connectivity index (χ2v) is 6.29. The van der Waals surface area contributed by atoms with Crippen LogP contribution in [0.1, 0.15) is 32.6 Å². The van der Waals surface area contributed by atoms with E-state index in [1.165, 1.54) is 4.88 Å². The minimum atomic E-state index is -0.450. The maximum absolute atomic E-state index is 11.5. The fraction of sp³-hybridized carbons (Fsp3) is 0.615. The Morgan fingerprint density at radius 3 is 2.78 bits per heavy atom. The Morgan fingerprint density at radius 2 is 2.22 bits per heavy atom. The van der Waals surface area contributed by atoms with Gasteiger partial charge in [0.15, 0.2) is 0 Å². The zero-order valence-corrected chi connectivity index (χ0v) is 12.3. The molecule has 18 heavy (non-hydrogen) atoms. The van der Waals surface area contributed by atoms with Crippen LogP contribution in [0, 0.1) is 0 Å². The van der Waals surface area contributed by atoms with E-state index in [0.29, 0.717) is 0 Å². The molecule has 1 unspecified atom stereocenters. The van der Waals surface area contributed by atoms with E-state index in [4.69, 9.17) is 4.74 Å². The van der Waals surface area contributed by atoms with Crippen LogP contribution in [-0.4, -0.2) is 24.3 Å². The summed E-state index contributed by atoms with van der Waals surface area (Å²) in [6.45, 7) is 9.06. The van der Waals surface area contributed by atoms with Crippen molar-refractivity contribution in [3.05, 3.63) is 22.4 Å². The van der Waals surface area contributed by atoms with Gasteiger partial charge in [-0.3, -0.25) is 0 Å². The van der Waals surface area contributed by atoms with Gasteiger partial charge in [0.05, 0.1) is 0 Å². The molecule has 1 aromatic heterocycles. The molecule has 0 aliphatic rings. The summed E-state index contributed by atoms with van der Waals surface area (Å²) in [5.41, 5.74) is -0.450. The topological polar surface area (TPSA) is 50.4 Å². The van der Waals surface area contributed by atoms with Gasteiger partial charge in [-0.15, -0.1) is 11.3 Å². The zero-order chi connectivity index (χ0) is 13.6. The lowest BCUT2D eigenvalue weighted by Crippen LogP contribution is -2.42. The van der Waals surface area contributed by atoms with Crippen molar-refractivity contribution >= 4 is 17.4 Å². The average molecular weight is 270 g/mol. The Kier molecular flexibility index (Phi) is 5.62. The van der Waals surface area contributed by atoms with Crippen molar-refractivity contribution in [3.8, 4) is 0 Å². The van der Waals surface area contributed by atoms with Crippen molar-refractivity contribution in [1.82, 2.24) is 10.6 Å². The van der Waals surface area contributed by atoms with Crippen LogP contribution >= 0.6 is 11.3 Å². The van der Waals surface area contributed by atoms with E-state index in [1.807, 2.05) is 33.8 Å². The third kappa shape index (κ3) is 6.61. The number of rotatable bonds is 5. The first-order valence-corrected chi connectivity index (χ1v) is 6.97. The maximum atomic E-state index is 11.5. The first kappa shape index (κ1) is 15.0. The summed E-state index contributed by atoms with van der Waals surface area (Å²) in [6.07, 6.45) is -0.368. The summed E-state index contributed by atoms with van der Waals surface area (Å²) in [5, 5.41) is 8.15. The first-order chi connectivity index (χ1) is 8.37. The zero-order valence-electron chi connectivity index (χ0n) is 11.4. The Morgan fingerprint density at radius 1 is 1.50 bits per heavy atom. The number of alkyl carbamates (subject to hydrolysis) is 1. The molecular formula is C13H22N2O2S. The summed E-state index contributed by atoms with van der Waals surface area (Å²) in [6, 6.07) is 4.16. The minimum absolute atomic E-state index is 0.0415. The molecule has 0 spiro atoms. The van der Waals surface area contributed by atoms with Crippen molar-refractivity contribution in [1.29, 1.82) is 0 Å². The van der Waals surface area contributed by atoms with E-state index < -0.39 is 5.60 Å². The number of hydrogen-bond donors (Lipinski definition) is 2. The SMILES string of the molecule is CC(CNCc1cccs1)NC(=O)OC(C)(C)C. The van der Waals surface area contributed by atoms with E-state index in [9.17, 15) is 4.79 Å². The molecule has 0 radical (unpaired) electrons. The molecule has 102 valence electrons. The van der Waals surface area contributed by atoms with Gasteiger partial charge in [0.2, 0.25) is 0 Å². The number of thiophene rings is 1. The molecule has 5 heteroatoms. The summed E-state index contributed by atoms with van der Waals surface area (Å²) in [4.78, 5) is 12.8. The molecule has 1 aromatic rings. The van der Waals surface area contributed by atoms with Gasteiger partial charge in [0.25, 0.3) is 0 Å². The predicted molar refractivity (Wildman–Crippen MR) is 74.9 cm³/mol. The highest BCUT2D eigenvalue weighted by atomic mass is 32.1. The normalized spacial score (nSPS) is 13.1. The molecule has 0 aliphatic carbocycles. The number of nitrogens with one attached hydrogen (secondary N) is 2. The number of carbonyl (C=O) groups is 1. The molecule has 1 atom stereocenters. The summed E-state index contributed by atoms with van der Waals surface area (Å²) < 4.78 is 5.18. The fourth-order valence-corrected chi connectivity index (χ4v) is 2.06. The van der Waals surface area contributed by atoms with Crippen molar-refractivity contribution in [2.75, 3.05) is 6.54 Å². The van der Waals surface area contributed by atoms with Crippen LogP contribution in [0.4, 0.5) is 4.79 Å². The van der Waals surface area contributed by atoms with Gasteiger partial charge in [0, 0.05) is 24.0 Å². The second-order valence-electron chi connectivity index (χ2n) is 5.26. The Labute approximate surface area is 113 Å². The minimum Gasteiger partial charge on any atom is -0.444 e. The fourth-order valence-electron chi connectivity index (χ4n) is 1.38. The quantitative estimate of drug-likeness (QED) is 0.865. The van der Waals surface area contributed by atoms with Gasteiger partial charge in [-0.2, -0.15) is 0 Å². The van der Waals surface area contributed by atoms with Gasteiger partial charge < -0.3 is 15.4 Å². The van der Waals surface area contributed by atoms with Gasteiger partial charge in [0.1, 0.15) is 5.60 Å². The van der Waals surface area contributed by atoms with Gasteiger partial charge in [-0.05, 0) is 39.1 Å². The van der Waals surface area contributed by atoms with Crippen LogP contribution in [0.3, 0.4) is 0 Å². The van der Waals surface area contributed by atoms with Gasteiger partial charge in [-0.25, -0.2) is 4.79 Å². The number of ether oxygens (including phenoxy) is 1. The third-order valence-corrected chi connectivity index (χ3v) is 2.97. The molecule has 0 saturated heterocycles. The molecule has 2 N–H and O–H groups in total. The largest absolute Gasteiger partial charge is 0.444 e. The number of hydrogen-bond acceptors (Lipinski definition) is 4. The molecule has 1 amide bonds. The maximum Gasteiger partial charge on any atom is 0.407 e. The van der Waals surface area contributed by atoms with Crippen LogP contribution in [0.5, 0.6) is 0 Å². The molecule has 4 nitrogen and oxygen atoms in total. The van der Waals surface area contributed by atoms with Crippen molar-refractivity contribution in [2.24, 2.45) is 0 Å². The Balaban J connectivity index is 2.17. The number of amides is 1. The molecule has 0 fully saturated rings. The lowest BCUT2D eigenvalue weighted by atomic mass is 10.2. The predicted octanol–water partition coefficient (Wildman–Crippen LogP) is 2.75. The van der Waals surface area contributed by atoms with Crippen molar-refractivity contribution < 1.29 is 9.53 Å². The molecule has 0 aromatic carbocycles. The smallest absolute Gasteiger partial charge is 0.407 e. The highest BCUT2D eigenvalue weighted by Gasteiger charge is 2.17. The lowest BCUT2D eigenvalue weighted by molar-refractivity contribution is 0.0508. The first-order valence-electron chi connectivity index (χ1n) is 6.09. The summed E-state index contributed by atoms with van der Waals surface area (Å²) in [5.74, 6) is 0. The molecule has 1 heterocycles. The van der Waals surface area contributed by atoms with E-state index >= 15 is 0 Å². The molecule has 1 rings (SSSR count). The molecule has 0 aliphatic heterocycles. The van der Waals surface area contributed by atoms with E-state index in [2.05, 4.69) is 22.1 Å². The van der Waals surface area contributed by atoms with Gasteiger partial charge >= 0.3 is 6.09 Å².